The minimum Gasteiger partial charge on any atom is -0.478 e. The van der Waals surface area contributed by atoms with Gasteiger partial charge < -0.3 is 10.0 Å². The van der Waals surface area contributed by atoms with Crippen molar-refractivity contribution in [2.75, 3.05) is 27.2 Å². The average Bonchev–Trinajstić information content (AvgIpc) is 3.24. The van der Waals surface area contributed by atoms with E-state index in [1.165, 1.54) is 11.3 Å². The van der Waals surface area contributed by atoms with E-state index in [0.717, 1.165) is 29.4 Å². The second-order valence-corrected chi connectivity index (χ2v) is 7.54. The van der Waals surface area contributed by atoms with E-state index in [1.807, 2.05) is 12.1 Å². The van der Waals surface area contributed by atoms with Crippen molar-refractivity contribution in [3.8, 4) is 10.4 Å². The fraction of sp³-hybridized carbons (Fsp3) is 0.389. The summed E-state index contributed by atoms with van der Waals surface area (Å²) in [6.07, 6.45) is 2.61. The van der Waals surface area contributed by atoms with Gasteiger partial charge in [0.2, 0.25) is 5.91 Å². The molecule has 6 nitrogen and oxygen atoms in total. The molecule has 1 saturated heterocycles. The second kappa shape index (κ2) is 7.33. The largest absolute Gasteiger partial charge is 0.478 e. The summed E-state index contributed by atoms with van der Waals surface area (Å²) < 4.78 is 0. The van der Waals surface area contributed by atoms with Crippen molar-refractivity contribution >= 4 is 23.2 Å². The molecule has 1 fully saturated rings. The molecule has 1 atom stereocenters. The van der Waals surface area contributed by atoms with Crippen LogP contribution in [0.2, 0.25) is 0 Å². The zero-order valence-corrected chi connectivity index (χ0v) is 15.1. The third-order valence-corrected chi connectivity index (χ3v) is 5.41. The van der Waals surface area contributed by atoms with Gasteiger partial charge in [-0.15, -0.1) is 11.3 Å². The van der Waals surface area contributed by atoms with Gasteiger partial charge in [0.05, 0.1) is 22.9 Å². The molecular formula is C18H21N3O3S. The van der Waals surface area contributed by atoms with Crippen LogP contribution in [0.15, 0.2) is 30.5 Å². The fourth-order valence-electron chi connectivity index (χ4n) is 3.13. The van der Waals surface area contributed by atoms with Crippen LogP contribution < -0.4 is 0 Å². The van der Waals surface area contributed by atoms with Crippen molar-refractivity contribution in [2.24, 2.45) is 5.92 Å². The quantitative estimate of drug-likeness (QED) is 0.887. The molecule has 0 aliphatic carbocycles. The SMILES string of the molecule is CN(C)C(=O)C1CCN(Cc2ncc(-c3ccccc3C(=O)O)s2)C1. The highest BCUT2D eigenvalue weighted by atomic mass is 32.1. The number of carboxylic acid groups (broad SMARTS) is 1. The van der Waals surface area contributed by atoms with Crippen LogP contribution in [0.5, 0.6) is 0 Å². The highest BCUT2D eigenvalue weighted by molar-refractivity contribution is 7.15. The molecule has 132 valence electrons. The number of amides is 1. The molecule has 25 heavy (non-hydrogen) atoms. The lowest BCUT2D eigenvalue weighted by atomic mass is 10.1. The van der Waals surface area contributed by atoms with Gasteiger partial charge in [0.25, 0.3) is 0 Å². The summed E-state index contributed by atoms with van der Waals surface area (Å²) in [6.45, 7) is 2.32. The van der Waals surface area contributed by atoms with Crippen LogP contribution in [0.3, 0.4) is 0 Å². The van der Waals surface area contributed by atoms with Crippen LogP contribution >= 0.6 is 11.3 Å². The first-order chi connectivity index (χ1) is 12.0. The van der Waals surface area contributed by atoms with E-state index in [4.69, 9.17) is 0 Å². The van der Waals surface area contributed by atoms with Gasteiger partial charge in [0, 0.05) is 32.4 Å². The van der Waals surface area contributed by atoms with Gasteiger partial charge in [-0.2, -0.15) is 0 Å². The molecule has 2 aromatic rings. The minimum atomic E-state index is -0.935. The maximum Gasteiger partial charge on any atom is 0.336 e. The third kappa shape index (κ3) is 3.88. The first-order valence-corrected chi connectivity index (χ1v) is 8.98. The lowest BCUT2D eigenvalue weighted by Gasteiger charge is -2.17. The van der Waals surface area contributed by atoms with Crippen molar-refractivity contribution in [3.05, 3.63) is 41.0 Å². The summed E-state index contributed by atoms with van der Waals surface area (Å²) in [6, 6.07) is 6.97. The number of carbonyl (C=O) groups is 2. The van der Waals surface area contributed by atoms with E-state index in [2.05, 4.69) is 9.88 Å². The molecule has 1 N–H and O–H groups in total. The lowest BCUT2D eigenvalue weighted by Crippen LogP contribution is -2.31. The van der Waals surface area contributed by atoms with Crippen molar-refractivity contribution in [1.82, 2.24) is 14.8 Å². The zero-order valence-electron chi connectivity index (χ0n) is 14.3. The summed E-state index contributed by atoms with van der Waals surface area (Å²) in [5.41, 5.74) is 0.983. The Morgan fingerprint density at radius 3 is 2.84 bits per heavy atom. The van der Waals surface area contributed by atoms with Gasteiger partial charge >= 0.3 is 5.97 Å². The number of carbonyl (C=O) groups excluding carboxylic acids is 1. The normalized spacial score (nSPS) is 17.6. The minimum absolute atomic E-state index is 0.0576. The predicted octanol–water partition coefficient (Wildman–Crippen LogP) is 2.42. The smallest absolute Gasteiger partial charge is 0.336 e. The number of nitrogens with zero attached hydrogens (tertiary/aromatic N) is 3. The number of rotatable bonds is 5. The molecule has 3 rings (SSSR count). The number of hydrogen-bond donors (Lipinski definition) is 1. The number of hydrogen-bond acceptors (Lipinski definition) is 5. The Balaban J connectivity index is 1.69. The van der Waals surface area contributed by atoms with Gasteiger partial charge in [-0.25, -0.2) is 9.78 Å². The Hall–Kier alpha value is -2.25. The van der Waals surface area contributed by atoms with Crippen molar-refractivity contribution in [3.63, 3.8) is 0 Å². The van der Waals surface area contributed by atoms with Crippen LogP contribution in [0.25, 0.3) is 10.4 Å². The molecule has 2 heterocycles. The Morgan fingerprint density at radius 2 is 2.12 bits per heavy atom. The van der Waals surface area contributed by atoms with Crippen molar-refractivity contribution in [2.45, 2.75) is 13.0 Å². The fourth-order valence-corrected chi connectivity index (χ4v) is 4.13. The van der Waals surface area contributed by atoms with Gasteiger partial charge in [-0.3, -0.25) is 9.69 Å². The molecule has 7 heteroatoms. The predicted molar refractivity (Wildman–Crippen MR) is 96.6 cm³/mol. The summed E-state index contributed by atoms with van der Waals surface area (Å²) in [4.78, 5) is 32.6. The highest BCUT2D eigenvalue weighted by Crippen LogP contribution is 2.30. The number of likely N-dealkylation sites (tertiary alicyclic amines) is 1. The monoisotopic (exact) mass is 359 g/mol. The van der Waals surface area contributed by atoms with Gasteiger partial charge in [0.1, 0.15) is 5.01 Å². The zero-order chi connectivity index (χ0) is 18.0. The number of carboxylic acids is 1. The Morgan fingerprint density at radius 1 is 1.36 bits per heavy atom. The van der Waals surface area contributed by atoms with E-state index >= 15 is 0 Å². The molecule has 0 bridgehead atoms. The van der Waals surface area contributed by atoms with Crippen LogP contribution in [0.1, 0.15) is 21.8 Å². The first kappa shape index (κ1) is 17.6. The highest BCUT2D eigenvalue weighted by Gasteiger charge is 2.29. The van der Waals surface area contributed by atoms with Crippen molar-refractivity contribution < 1.29 is 14.7 Å². The van der Waals surface area contributed by atoms with E-state index in [9.17, 15) is 14.7 Å². The number of benzene rings is 1. The first-order valence-electron chi connectivity index (χ1n) is 8.16. The Labute approximate surface area is 150 Å². The van der Waals surface area contributed by atoms with E-state index in [0.29, 0.717) is 12.1 Å². The molecule has 1 aromatic carbocycles. The summed E-state index contributed by atoms with van der Waals surface area (Å²) in [7, 11) is 3.58. The molecule has 0 spiro atoms. The maximum absolute atomic E-state index is 12.1. The van der Waals surface area contributed by atoms with Crippen LogP contribution in [0, 0.1) is 5.92 Å². The molecule has 1 aromatic heterocycles. The number of aromatic carboxylic acids is 1. The summed E-state index contributed by atoms with van der Waals surface area (Å²) in [5, 5.41) is 10.3. The molecule has 1 amide bonds. The average molecular weight is 359 g/mol. The standard InChI is InChI=1S/C18H21N3O3S/c1-20(2)17(22)12-7-8-21(10-12)11-16-19-9-15(25-16)13-5-3-4-6-14(13)18(23)24/h3-6,9,12H,7-8,10-11H2,1-2H3,(H,23,24). The number of thiazole rings is 1. The third-order valence-electron chi connectivity index (χ3n) is 4.40. The Bertz CT molecular complexity index is 787. The van der Waals surface area contributed by atoms with Gasteiger partial charge in [-0.05, 0) is 19.0 Å². The van der Waals surface area contributed by atoms with Crippen molar-refractivity contribution in [1.29, 1.82) is 0 Å². The molecule has 1 aliphatic heterocycles. The van der Waals surface area contributed by atoms with E-state index < -0.39 is 5.97 Å². The summed E-state index contributed by atoms with van der Waals surface area (Å²) >= 11 is 1.51. The van der Waals surface area contributed by atoms with Crippen LogP contribution in [-0.2, 0) is 11.3 Å². The van der Waals surface area contributed by atoms with E-state index in [1.54, 1.807) is 37.3 Å². The summed E-state index contributed by atoms with van der Waals surface area (Å²) in [5.74, 6) is -0.699. The van der Waals surface area contributed by atoms with Gasteiger partial charge in [-0.1, -0.05) is 18.2 Å². The topological polar surface area (TPSA) is 73.7 Å². The van der Waals surface area contributed by atoms with Crippen LogP contribution in [-0.4, -0.2) is 59.0 Å². The molecule has 1 aliphatic rings. The lowest BCUT2D eigenvalue weighted by molar-refractivity contribution is -0.132. The molecule has 0 saturated carbocycles. The molecular weight excluding hydrogens is 338 g/mol. The molecule has 1 unspecified atom stereocenters. The molecule has 0 radical (unpaired) electrons. The maximum atomic E-state index is 12.1. The second-order valence-electron chi connectivity index (χ2n) is 6.42. The van der Waals surface area contributed by atoms with Crippen LogP contribution in [0.4, 0.5) is 0 Å². The van der Waals surface area contributed by atoms with Gasteiger partial charge in [0.15, 0.2) is 0 Å². The Kier molecular flexibility index (Phi) is 5.15. The number of aromatic nitrogens is 1. The van der Waals surface area contributed by atoms with E-state index in [-0.39, 0.29) is 17.4 Å².